The number of aromatic nitrogens is 2. The minimum absolute atomic E-state index is 0.0162. The zero-order valence-electron chi connectivity index (χ0n) is 26.0. The molecule has 2 aromatic carbocycles. The van der Waals surface area contributed by atoms with Gasteiger partial charge in [-0.15, -0.1) is 0 Å². The molecule has 3 heterocycles. The zero-order valence-corrected chi connectivity index (χ0v) is 26.8. The highest BCUT2D eigenvalue weighted by Crippen LogP contribution is 2.47. The lowest BCUT2D eigenvalue weighted by Crippen LogP contribution is -2.32. The van der Waals surface area contributed by atoms with Gasteiger partial charge in [0.2, 0.25) is 5.88 Å². The number of hydrogen-bond donors (Lipinski definition) is 1. The Morgan fingerprint density at radius 1 is 0.880 bits per heavy atom. The van der Waals surface area contributed by atoms with Gasteiger partial charge in [-0.05, 0) is 73.0 Å². The fourth-order valence-electron chi connectivity index (χ4n) is 5.56. The number of alkyl halides is 9. The molecule has 1 aliphatic heterocycles. The molecule has 2 aromatic heterocycles. The summed E-state index contributed by atoms with van der Waals surface area (Å²) in [5.41, 5.74) is -3.53. The third-order valence-electron chi connectivity index (χ3n) is 8.03. The monoisotopic (exact) mass is 729 g/mol. The lowest BCUT2D eigenvalue weighted by Gasteiger charge is -2.26. The summed E-state index contributed by atoms with van der Waals surface area (Å²) in [6.07, 6.45) is -13.8. The highest BCUT2D eigenvalue weighted by molar-refractivity contribution is 8.14. The van der Waals surface area contributed by atoms with E-state index < -0.39 is 70.0 Å². The Hall–Kier alpha value is -4.80. The third kappa shape index (κ3) is 7.37. The first-order valence-electron chi connectivity index (χ1n) is 14.4. The number of rotatable bonds is 7. The molecule has 0 bridgehead atoms. The van der Waals surface area contributed by atoms with Gasteiger partial charge in [-0.25, -0.2) is 14.8 Å². The van der Waals surface area contributed by atoms with Crippen LogP contribution in [0, 0.1) is 6.92 Å². The van der Waals surface area contributed by atoms with Crippen molar-refractivity contribution in [2.45, 2.75) is 50.2 Å². The SMILES string of the molecule is COc1ncc(-c2ccc(C(=O)O)cc2C)cc1-c1ccc(C(F)(F)F)nc1CN1C(=O)SC(c2cc(C(F)(F)F)cc(C(F)(F)F)c2)C1C. The molecule has 4 aromatic rings. The summed E-state index contributed by atoms with van der Waals surface area (Å²) in [5.74, 6) is -1.21. The van der Waals surface area contributed by atoms with Crippen molar-refractivity contribution in [3.05, 3.63) is 100.0 Å². The highest BCUT2D eigenvalue weighted by atomic mass is 32.2. The summed E-state index contributed by atoms with van der Waals surface area (Å²) in [4.78, 5) is 33.8. The Bertz CT molecular complexity index is 1950. The number of ether oxygens (including phenoxy) is 1. The van der Waals surface area contributed by atoms with Gasteiger partial charge in [-0.2, -0.15) is 39.5 Å². The fourth-order valence-corrected chi connectivity index (χ4v) is 6.76. The maximum atomic E-state index is 13.9. The highest BCUT2D eigenvalue weighted by Gasteiger charge is 2.43. The molecular weight excluding hydrogens is 705 g/mol. The average molecular weight is 730 g/mol. The first kappa shape index (κ1) is 36.5. The van der Waals surface area contributed by atoms with Gasteiger partial charge in [-0.3, -0.25) is 4.79 Å². The Labute approximate surface area is 282 Å². The number of hydrogen-bond acceptors (Lipinski definition) is 6. The zero-order chi connectivity index (χ0) is 36.9. The molecule has 7 nitrogen and oxygen atoms in total. The van der Waals surface area contributed by atoms with Crippen LogP contribution in [0.4, 0.5) is 44.3 Å². The maximum Gasteiger partial charge on any atom is 0.433 e. The average Bonchev–Trinajstić information content (AvgIpc) is 3.31. The minimum Gasteiger partial charge on any atom is -0.481 e. The Morgan fingerprint density at radius 2 is 1.50 bits per heavy atom. The van der Waals surface area contributed by atoms with Crippen LogP contribution in [-0.2, 0) is 25.1 Å². The van der Waals surface area contributed by atoms with Gasteiger partial charge in [0.25, 0.3) is 5.24 Å². The molecule has 5 rings (SSSR count). The third-order valence-corrected chi connectivity index (χ3v) is 9.39. The molecule has 1 fully saturated rings. The molecule has 2 atom stereocenters. The number of carbonyl (C=O) groups is 2. The van der Waals surface area contributed by atoms with E-state index in [0.29, 0.717) is 46.7 Å². The number of nitrogens with zero attached hydrogens (tertiary/aromatic N) is 3. The first-order valence-corrected chi connectivity index (χ1v) is 15.3. The number of methoxy groups -OCH3 is 1. The summed E-state index contributed by atoms with van der Waals surface area (Å²) >= 11 is 0.440. The van der Waals surface area contributed by atoms with Crippen molar-refractivity contribution >= 4 is 23.0 Å². The second kappa shape index (κ2) is 13.2. The molecule has 0 spiro atoms. The molecule has 1 aliphatic rings. The van der Waals surface area contributed by atoms with E-state index in [2.05, 4.69) is 9.97 Å². The van der Waals surface area contributed by atoms with Crippen molar-refractivity contribution in [3.63, 3.8) is 0 Å². The van der Waals surface area contributed by atoms with Gasteiger partial charge in [-0.1, -0.05) is 23.9 Å². The molecule has 1 amide bonds. The van der Waals surface area contributed by atoms with Crippen molar-refractivity contribution < 1.29 is 58.9 Å². The predicted molar refractivity (Wildman–Crippen MR) is 163 cm³/mol. The van der Waals surface area contributed by atoms with Crippen molar-refractivity contribution in [2.24, 2.45) is 0 Å². The number of amides is 1. The van der Waals surface area contributed by atoms with Crippen LogP contribution < -0.4 is 4.74 Å². The van der Waals surface area contributed by atoms with Crippen LogP contribution in [0.15, 0.2) is 60.8 Å². The first-order chi connectivity index (χ1) is 23.2. The van der Waals surface area contributed by atoms with Crippen LogP contribution in [0.3, 0.4) is 0 Å². The predicted octanol–water partition coefficient (Wildman–Crippen LogP) is 9.68. The second-order valence-corrected chi connectivity index (χ2v) is 12.4. The molecule has 1 saturated heterocycles. The number of aryl methyl sites for hydroxylation is 1. The van der Waals surface area contributed by atoms with Crippen LogP contribution >= 0.6 is 11.8 Å². The number of thioether (sulfide) groups is 1. The molecule has 264 valence electrons. The van der Waals surface area contributed by atoms with Crippen LogP contribution in [0.25, 0.3) is 22.3 Å². The Kier molecular flexibility index (Phi) is 9.59. The van der Waals surface area contributed by atoms with Crippen LogP contribution in [-0.4, -0.2) is 44.3 Å². The molecular formula is C33H24F9N3O4S. The van der Waals surface area contributed by atoms with Crippen LogP contribution in [0.1, 0.15) is 56.2 Å². The number of carboxylic acid groups (broad SMARTS) is 1. The van der Waals surface area contributed by atoms with Gasteiger partial charge in [0.1, 0.15) is 5.69 Å². The molecule has 0 aliphatic carbocycles. The van der Waals surface area contributed by atoms with E-state index in [1.807, 2.05) is 0 Å². The Balaban J connectivity index is 1.59. The van der Waals surface area contributed by atoms with E-state index in [1.165, 1.54) is 44.5 Å². The Morgan fingerprint density at radius 3 is 2.04 bits per heavy atom. The van der Waals surface area contributed by atoms with Crippen molar-refractivity contribution in [1.29, 1.82) is 0 Å². The van der Waals surface area contributed by atoms with E-state index >= 15 is 0 Å². The second-order valence-electron chi connectivity index (χ2n) is 11.3. The van der Waals surface area contributed by atoms with Crippen molar-refractivity contribution in [2.75, 3.05) is 7.11 Å². The topological polar surface area (TPSA) is 92.6 Å². The van der Waals surface area contributed by atoms with Gasteiger partial charge in [0.15, 0.2) is 0 Å². The van der Waals surface area contributed by atoms with E-state index in [1.54, 1.807) is 6.92 Å². The van der Waals surface area contributed by atoms with E-state index in [-0.39, 0.29) is 34.3 Å². The summed E-state index contributed by atoms with van der Waals surface area (Å²) in [7, 11) is 1.26. The summed E-state index contributed by atoms with van der Waals surface area (Å²) in [6, 6.07) is 7.52. The van der Waals surface area contributed by atoms with Crippen molar-refractivity contribution in [1.82, 2.24) is 14.9 Å². The van der Waals surface area contributed by atoms with Crippen LogP contribution in [0.5, 0.6) is 5.88 Å². The molecule has 0 saturated carbocycles. The van der Waals surface area contributed by atoms with E-state index in [0.717, 1.165) is 11.0 Å². The number of carboxylic acids is 1. The van der Waals surface area contributed by atoms with Gasteiger partial charge >= 0.3 is 24.5 Å². The lowest BCUT2D eigenvalue weighted by molar-refractivity contribution is -0.143. The summed E-state index contributed by atoms with van der Waals surface area (Å²) in [6.45, 7) is 2.39. The summed E-state index contributed by atoms with van der Waals surface area (Å²) in [5, 5.41) is 7.26. The molecule has 50 heavy (non-hydrogen) atoms. The number of pyridine rings is 2. The van der Waals surface area contributed by atoms with Crippen LogP contribution in [0.2, 0.25) is 0 Å². The lowest BCUT2D eigenvalue weighted by atomic mass is 9.96. The summed E-state index contributed by atoms with van der Waals surface area (Å²) < 4.78 is 128. The quantitative estimate of drug-likeness (QED) is 0.190. The van der Waals surface area contributed by atoms with E-state index in [9.17, 15) is 54.2 Å². The number of aromatic carboxylic acids is 1. The normalized spacial score (nSPS) is 17.0. The standard InChI is InChI=1S/C33H24F9N3O4S/c1-15-8-17(29(46)47)4-5-22(15)19-11-24(28(49-3)43-13-19)23-6-7-26(33(40,41)42)44-25(23)14-45-16(2)27(50-30(45)48)18-9-20(31(34,35)36)12-21(10-18)32(37,38)39/h4-13,16,27H,14H2,1-3H3,(H,46,47). The number of halogens is 9. The smallest absolute Gasteiger partial charge is 0.433 e. The largest absolute Gasteiger partial charge is 0.481 e. The molecule has 17 heteroatoms. The van der Waals surface area contributed by atoms with Gasteiger partial charge in [0.05, 0.1) is 41.3 Å². The fraction of sp³-hybridized carbons (Fsp3) is 0.273. The minimum atomic E-state index is -5.14. The molecule has 1 N–H and O–H groups in total. The number of benzene rings is 2. The van der Waals surface area contributed by atoms with Crippen molar-refractivity contribution in [3.8, 4) is 28.1 Å². The number of carbonyl (C=O) groups excluding carboxylic acids is 1. The molecule has 0 radical (unpaired) electrons. The van der Waals surface area contributed by atoms with Gasteiger partial charge in [0, 0.05) is 28.9 Å². The maximum absolute atomic E-state index is 13.9. The van der Waals surface area contributed by atoms with E-state index in [4.69, 9.17) is 4.74 Å². The molecule has 2 unspecified atom stereocenters. The van der Waals surface area contributed by atoms with Gasteiger partial charge < -0.3 is 14.7 Å².